The van der Waals surface area contributed by atoms with Crippen molar-refractivity contribution in [1.29, 1.82) is 0 Å². The van der Waals surface area contributed by atoms with E-state index in [1.54, 1.807) is 0 Å². The van der Waals surface area contributed by atoms with Crippen LogP contribution in [0.25, 0.3) is 0 Å². The fourth-order valence-electron chi connectivity index (χ4n) is 1.73. The van der Waals surface area contributed by atoms with E-state index in [4.69, 9.17) is 0 Å². The molecular weight excluding hydrogens is 269 g/mol. The molecule has 0 saturated heterocycles. The molecule has 15 heavy (non-hydrogen) atoms. The molecule has 0 atom stereocenters. The van der Waals surface area contributed by atoms with Gasteiger partial charge in [-0.3, -0.25) is 6.08 Å². The third-order valence-electron chi connectivity index (χ3n) is 2.24. The van der Waals surface area contributed by atoms with E-state index < -0.39 is 0 Å². The van der Waals surface area contributed by atoms with Crippen molar-refractivity contribution in [2.45, 2.75) is 40.5 Å². The monoisotopic (exact) mass is 289 g/mol. The van der Waals surface area contributed by atoms with Gasteiger partial charge in [-0.1, -0.05) is 30.6 Å². The summed E-state index contributed by atoms with van der Waals surface area (Å²) < 4.78 is 0. The Labute approximate surface area is 107 Å². The van der Waals surface area contributed by atoms with Crippen molar-refractivity contribution in [2.75, 3.05) is 0 Å². The molecule has 0 unspecified atom stereocenters. The zero-order valence-corrected chi connectivity index (χ0v) is 11.7. The molecule has 1 radical (unpaired) electrons. The normalized spacial score (nSPS) is 15.3. The summed E-state index contributed by atoms with van der Waals surface area (Å²) in [6, 6.07) is 0. The Morgan fingerprint density at radius 3 is 2.60 bits per heavy atom. The summed E-state index contributed by atoms with van der Waals surface area (Å²) in [6.45, 7) is 8.59. The van der Waals surface area contributed by atoms with Gasteiger partial charge in [0.1, 0.15) is 0 Å². The van der Waals surface area contributed by atoms with Gasteiger partial charge in [-0.2, -0.15) is 11.6 Å². The minimum Gasteiger partial charge on any atom is -0.269 e. The number of allylic oxidation sites excluding steroid dienone is 8. The predicted molar refractivity (Wildman–Crippen MR) is 62.9 cm³/mol. The molecule has 0 heterocycles. The third kappa shape index (κ3) is 4.75. The van der Waals surface area contributed by atoms with E-state index in [0.29, 0.717) is 0 Å². The van der Waals surface area contributed by atoms with Crippen LogP contribution in [0.3, 0.4) is 0 Å². The first-order valence-corrected chi connectivity index (χ1v) is 5.27. The number of hydrogen-bond donors (Lipinski definition) is 0. The molecule has 83 valence electrons. The second-order valence-electron chi connectivity index (χ2n) is 3.98. The van der Waals surface area contributed by atoms with Crippen molar-refractivity contribution in [3.8, 4) is 0 Å². The fraction of sp³-hybridized carbons (Fsp3) is 0.429. The first-order valence-electron chi connectivity index (χ1n) is 5.27. The molecule has 0 spiro atoms. The second-order valence-corrected chi connectivity index (χ2v) is 3.98. The molecule has 0 saturated carbocycles. The largest absolute Gasteiger partial charge is 1.00 e. The van der Waals surface area contributed by atoms with Crippen LogP contribution in [0.4, 0.5) is 0 Å². The van der Waals surface area contributed by atoms with Crippen LogP contribution in [0, 0.1) is 6.08 Å². The van der Waals surface area contributed by atoms with Gasteiger partial charge in [0, 0.05) is 0 Å². The Balaban J connectivity index is 0.00000196. The summed E-state index contributed by atoms with van der Waals surface area (Å²) >= 11 is 0. The molecule has 0 N–H and O–H groups in total. The van der Waals surface area contributed by atoms with Gasteiger partial charge < -0.3 is 0 Å². The fourth-order valence-corrected chi connectivity index (χ4v) is 1.73. The SMILES string of the molecule is CCC1=[C-]CC=C1C=C(C)C=C(C)C.[Ru+]. The molecule has 0 aromatic carbocycles. The summed E-state index contributed by atoms with van der Waals surface area (Å²) in [5, 5.41) is 0. The molecule has 1 aliphatic carbocycles. The summed E-state index contributed by atoms with van der Waals surface area (Å²) in [4.78, 5) is 0. The van der Waals surface area contributed by atoms with Crippen molar-refractivity contribution in [3.63, 3.8) is 0 Å². The molecule has 0 aliphatic heterocycles. The third-order valence-corrected chi connectivity index (χ3v) is 2.24. The minimum atomic E-state index is 0. The average Bonchev–Trinajstić information content (AvgIpc) is 2.50. The van der Waals surface area contributed by atoms with Gasteiger partial charge in [0.2, 0.25) is 0 Å². The van der Waals surface area contributed by atoms with Gasteiger partial charge >= 0.3 is 19.5 Å². The second kappa shape index (κ2) is 6.96. The van der Waals surface area contributed by atoms with Gasteiger partial charge in [-0.15, -0.1) is 12.5 Å². The maximum Gasteiger partial charge on any atom is 1.00 e. The molecule has 0 amide bonds. The smallest absolute Gasteiger partial charge is 0.269 e. The molecule has 1 heteroatoms. The van der Waals surface area contributed by atoms with Crippen LogP contribution in [-0.2, 0) is 19.5 Å². The van der Waals surface area contributed by atoms with E-state index in [0.717, 1.165) is 12.8 Å². The van der Waals surface area contributed by atoms with Crippen LogP contribution in [-0.4, -0.2) is 0 Å². The maximum absolute atomic E-state index is 3.37. The van der Waals surface area contributed by atoms with E-state index in [1.165, 1.54) is 22.3 Å². The molecule has 0 fully saturated rings. The van der Waals surface area contributed by atoms with Crippen molar-refractivity contribution in [1.82, 2.24) is 0 Å². The van der Waals surface area contributed by atoms with Gasteiger partial charge in [0.05, 0.1) is 0 Å². The average molecular weight is 288 g/mol. The van der Waals surface area contributed by atoms with Crippen molar-refractivity contribution >= 4 is 0 Å². The number of hydrogen-bond acceptors (Lipinski definition) is 0. The van der Waals surface area contributed by atoms with E-state index in [2.05, 4.69) is 52.0 Å². The summed E-state index contributed by atoms with van der Waals surface area (Å²) in [5.74, 6) is 0. The first-order chi connectivity index (χ1) is 6.63. The molecular formula is C14H19Ru. The standard InChI is InChI=1S/C14H19.Ru/c1-5-13-7-6-8-14(13)10-12(4)9-11(2)3;/h8-10H,5-6H2,1-4H3;/q-1;+1. The van der Waals surface area contributed by atoms with Crippen LogP contribution in [0.15, 0.2) is 40.5 Å². The quantitative estimate of drug-likeness (QED) is 0.411. The van der Waals surface area contributed by atoms with Gasteiger partial charge in [0.15, 0.2) is 0 Å². The summed E-state index contributed by atoms with van der Waals surface area (Å²) in [5.41, 5.74) is 5.41. The van der Waals surface area contributed by atoms with Gasteiger partial charge in [-0.25, -0.2) is 5.57 Å². The Morgan fingerprint density at radius 1 is 1.40 bits per heavy atom. The maximum atomic E-state index is 3.37. The van der Waals surface area contributed by atoms with Crippen LogP contribution >= 0.6 is 0 Å². The topological polar surface area (TPSA) is 0 Å². The van der Waals surface area contributed by atoms with E-state index in [9.17, 15) is 0 Å². The Bertz CT molecular complexity index is 323. The van der Waals surface area contributed by atoms with E-state index >= 15 is 0 Å². The van der Waals surface area contributed by atoms with Gasteiger partial charge in [-0.05, 0) is 20.8 Å². The molecule has 0 aromatic rings. The molecule has 0 bridgehead atoms. The van der Waals surface area contributed by atoms with E-state index in [-0.39, 0.29) is 19.5 Å². The molecule has 1 aliphatic rings. The summed E-state index contributed by atoms with van der Waals surface area (Å²) in [6.07, 6.45) is 12.2. The first kappa shape index (κ1) is 14.6. The van der Waals surface area contributed by atoms with Crippen LogP contribution in [0.2, 0.25) is 0 Å². The van der Waals surface area contributed by atoms with Gasteiger partial charge in [0.25, 0.3) is 0 Å². The zero-order chi connectivity index (χ0) is 10.6. The van der Waals surface area contributed by atoms with Crippen LogP contribution in [0.1, 0.15) is 40.5 Å². The van der Waals surface area contributed by atoms with Crippen LogP contribution < -0.4 is 0 Å². The zero-order valence-electron chi connectivity index (χ0n) is 10.00. The molecule has 1 rings (SSSR count). The minimum absolute atomic E-state index is 0. The van der Waals surface area contributed by atoms with Crippen LogP contribution in [0.5, 0.6) is 0 Å². The Kier molecular flexibility index (Phi) is 6.76. The van der Waals surface area contributed by atoms with Crippen molar-refractivity contribution < 1.29 is 19.5 Å². The molecule has 0 aromatic heterocycles. The van der Waals surface area contributed by atoms with Crippen molar-refractivity contribution in [2.24, 2.45) is 0 Å². The Morgan fingerprint density at radius 2 is 2.07 bits per heavy atom. The molecule has 0 nitrogen and oxygen atoms in total. The summed E-state index contributed by atoms with van der Waals surface area (Å²) in [7, 11) is 0. The Hall–Kier alpha value is -0.417. The van der Waals surface area contributed by atoms with E-state index in [1.807, 2.05) is 0 Å². The van der Waals surface area contributed by atoms with Crippen molar-refractivity contribution in [3.05, 3.63) is 46.6 Å². The number of rotatable bonds is 3. The predicted octanol–water partition coefficient (Wildman–Crippen LogP) is 4.37.